The zero-order chi connectivity index (χ0) is 13.7. The molecular formula is C15H20N4. The largest absolute Gasteiger partial charge is 0.242 e. The predicted molar refractivity (Wildman–Crippen MR) is 74.9 cm³/mol. The van der Waals surface area contributed by atoms with Gasteiger partial charge in [0.2, 0.25) is 0 Å². The van der Waals surface area contributed by atoms with Gasteiger partial charge in [0.25, 0.3) is 0 Å². The number of aromatic nitrogens is 4. The fourth-order valence-corrected chi connectivity index (χ4v) is 2.02. The van der Waals surface area contributed by atoms with Crippen LogP contribution >= 0.6 is 0 Å². The Hall–Kier alpha value is -1.84. The van der Waals surface area contributed by atoms with Crippen molar-refractivity contribution >= 4 is 0 Å². The van der Waals surface area contributed by atoms with E-state index in [4.69, 9.17) is 0 Å². The molecule has 0 N–H and O–H groups in total. The summed E-state index contributed by atoms with van der Waals surface area (Å²) in [6, 6.07) is 1.97. The average Bonchev–Trinajstić information content (AvgIpc) is 2.40. The smallest absolute Gasteiger partial charge is 0.128 e. The van der Waals surface area contributed by atoms with Crippen LogP contribution in [0.3, 0.4) is 0 Å². The van der Waals surface area contributed by atoms with E-state index in [-0.39, 0.29) is 0 Å². The second kappa shape index (κ2) is 6.36. The number of rotatable bonds is 5. The third-order valence-corrected chi connectivity index (χ3v) is 3.12. The molecule has 0 fully saturated rings. The lowest BCUT2D eigenvalue weighted by Crippen LogP contribution is -2.04. The second-order valence-electron chi connectivity index (χ2n) is 4.88. The molecule has 0 radical (unpaired) electrons. The van der Waals surface area contributed by atoms with E-state index in [9.17, 15) is 0 Å². The summed E-state index contributed by atoms with van der Waals surface area (Å²) in [6.07, 6.45) is 8.60. The third-order valence-electron chi connectivity index (χ3n) is 3.12. The van der Waals surface area contributed by atoms with Gasteiger partial charge in [-0.3, -0.25) is 0 Å². The molecule has 0 aliphatic carbocycles. The van der Waals surface area contributed by atoms with Crippen LogP contribution in [-0.2, 0) is 12.8 Å². The van der Waals surface area contributed by atoms with Crippen molar-refractivity contribution in [3.05, 3.63) is 47.6 Å². The zero-order valence-electron chi connectivity index (χ0n) is 11.8. The van der Waals surface area contributed by atoms with E-state index in [1.54, 1.807) is 0 Å². The Bertz CT molecular complexity index is 522. The Morgan fingerprint density at radius 3 is 2.53 bits per heavy atom. The van der Waals surface area contributed by atoms with Gasteiger partial charge in [0.05, 0.1) is 0 Å². The van der Waals surface area contributed by atoms with E-state index in [2.05, 4.69) is 33.8 Å². The molecule has 1 unspecified atom stereocenters. The summed E-state index contributed by atoms with van der Waals surface area (Å²) >= 11 is 0. The van der Waals surface area contributed by atoms with Gasteiger partial charge in [0.1, 0.15) is 11.6 Å². The maximum Gasteiger partial charge on any atom is 0.128 e. The molecule has 2 heterocycles. The molecule has 4 heteroatoms. The fraction of sp³-hybridized carbons (Fsp3) is 0.467. The third kappa shape index (κ3) is 3.81. The van der Waals surface area contributed by atoms with Gasteiger partial charge < -0.3 is 0 Å². The lowest BCUT2D eigenvalue weighted by Gasteiger charge is -2.11. The van der Waals surface area contributed by atoms with Crippen molar-refractivity contribution in [2.24, 2.45) is 0 Å². The molecule has 0 saturated carbocycles. The highest BCUT2D eigenvalue weighted by Gasteiger charge is 2.09. The molecule has 19 heavy (non-hydrogen) atoms. The summed E-state index contributed by atoms with van der Waals surface area (Å²) < 4.78 is 0. The van der Waals surface area contributed by atoms with Gasteiger partial charge in [-0.1, -0.05) is 13.8 Å². The van der Waals surface area contributed by atoms with Crippen molar-refractivity contribution < 1.29 is 0 Å². The fourth-order valence-electron chi connectivity index (χ4n) is 2.02. The van der Waals surface area contributed by atoms with Crippen molar-refractivity contribution in [3.8, 4) is 0 Å². The van der Waals surface area contributed by atoms with Crippen LogP contribution in [0.5, 0.6) is 0 Å². The van der Waals surface area contributed by atoms with Crippen molar-refractivity contribution in [2.75, 3.05) is 0 Å². The van der Waals surface area contributed by atoms with Crippen molar-refractivity contribution in [2.45, 2.75) is 46.0 Å². The summed E-state index contributed by atoms with van der Waals surface area (Å²) in [6.45, 7) is 6.23. The highest BCUT2D eigenvalue weighted by molar-refractivity contribution is 5.15. The molecule has 0 bridgehead atoms. The first-order chi connectivity index (χ1) is 9.19. The van der Waals surface area contributed by atoms with E-state index >= 15 is 0 Å². The van der Waals surface area contributed by atoms with Gasteiger partial charge in [-0.2, -0.15) is 0 Å². The van der Waals surface area contributed by atoms with Crippen molar-refractivity contribution in [1.29, 1.82) is 0 Å². The lowest BCUT2D eigenvalue weighted by atomic mass is 9.99. The Morgan fingerprint density at radius 1 is 1.16 bits per heavy atom. The molecule has 2 rings (SSSR count). The molecule has 4 nitrogen and oxygen atoms in total. The molecule has 0 aliphatic rings. The molecule has 100 valence electrons. The molecule has 0 amide bonds. The summed E-state index contributed by atoms with van der Waals surface area (Å²) in [5.74, 6) is 2.11. The van der Waals surface area contributed by atoms with Crippen molar-refractivity contribution in [3.63, 3.8) is 0 Å². The minimum Gasteiger partial charge on any atom is -0.242 e. The van der Waals surface area contributed by atoms with Gasteiger partial charge >= 0.3 is 0 Å². The van der Waals surface area contributed by atoms with Crippen LogP contribution in [0.2, 0.25) is 0 Å². The van der Waals surface area contributed by atoms with Crippen LogP contribution in [0.15, 0.2) is 24.7 Å². The average molecular weight is 256 g/mol. The predicted octanol–water partition coefficient (Wildman–Crippen LogP) is 2.87. The van der Waals surface area contributed by atoms with Crippen LogP contribution in [0, 0.1) is 6.92 Å². The number of hydrogen-bond donors (Lipinski definition) is 0. The molecule has 2 aromatic heterocycles. The quantitative estimate of drug-likeness (QED) is 0.825. The molecule has 0 aromatic carbocycles. The van der Waals surface area contributed by atoms with E-state index in [0.29, 0.717) is 5.92 Å². The van der Waals surface area contributed by atoms with Gasteiger partial charge in [0, 0.05) is 30.7 Å². The number of nitrogens with zero attached hydrogens (tertiary/aromatic N) is 4. The molecule has 2 aromatic rings. The topological polar surface area (TPSA) is 51.6 Å². The Kier molecular flexibility index (Phi) is 4.55. The minimum atomic E-state index is 0.366. The first kappa shape index (κ1) is 13.6. The summed E-state index contributed by atoms with van der Waals surface area (Å²) in [7, 11) is 0. The first-order valence-corrected chi connectivity index (χ1v) is 6.78. The molecule has 1 atom stereocenters. The van der Waals surface area contributed by atoms with Crippen molar-refractivity contribution in [1.82, 2.24) is 19.9 Å². The monoisotopic (exact) mass is 256 g/mol. The maximum absolute atomic E-state index is 4.43. The van der Waals surface area contributed by atoms with Crippen LogP contribution < -0.4 is 0 Å². The van der Waals surface area contributed by atoms with Crippen LogP contribution in [-0.4, -0.2) is 19.9 Å². The highest BCUT2D eigenvalue weighted by atomic mass is 14.9. The first-order valence-electron chi connectivity index (χ1n) is 6.78. The zero-order valence-corrected chi connectivity index (χ0v) is 11.8. The Balaban J connectivity index is 2.05. The van der Waals surface area contributed by atoms with Gasteiger partial charge in [-0.25, -0.2) is 19.9 Å². The number of hydrogen-bond acceptors (Lipinski definition) is 4. The standard InChI is InChI=1S/C15H20N4/c1-4-5-15-17-9-13(10-18-15)11(2)8-14-6-7-16-12(3)19-14/h6-7,9-11H,4-5,8H2,1-3H3. The van der Waals surface area contributed by atoms with Gasteiger partial charge in [-0.15, -0.1) is 0 Å². The SMILES string of the molecule is CCCc1ncc(C(C)Cc2ccnc(C)n2)cn1. The molecule has 0 saturated heterocycles. The second-order valence-corrected chi connectivity index (χ2v) is 4.88. The van der Waals surface area contributed by atoms with E-state index < -0.39 is 0 Å². The van der Waals surface area contributed by atoms with Crippen LogP contribution in [0.4, 0.5) is 0 Å². The maximum atomic E-state index is 4.43. The lowest BCUT2D eigenvalue weighted by molar-refractivity contribution is 0.716. The summed E-state index contributed by atoms with van der Waals surface area (Å²) in [5, 5.41) is 0. The Morgan fingerprint density at radius 2 is 1.89 bits per heavy atom. The van der Waals surface area contributed by atoms with E-state index in [1.807, 2.05) is 31.6 Å². The van der Waals surface area contributed by atoms with Gasteiger partial charge in [-0.05, 0) is 37.3 Å². The summed E-state index contributed by atoms with van der Waals surface area (Å²) in [5.41, 5.74) is 2.23. The minimum absolute atomic E-state index is 0.366. The van der Waals surface area contributed by atoms with Crippen LogP contribution in [0.25, 0.3) is 0 Å². The van der Waals surface area contributed by atoms with E-state index in [1.165, 1.54) is 0 Å². The van der Waals surface area contributed by atoms with Gasteiger partial charge in [0.15, 0.2) is 0 Å². The highest BCUT2D eigenvalue weighted by Crippen LogP contribution is 2.18. The molecule has 0 aliphatic heterocycles. The van der Waals surface area contributed by atoms with E-state index in [0.717, 1.165) is 42.2 Å². The number of aryl methyl sites for hydroxylation is 2. The molecular weight excluding hydrogens is 236 g/mol. The summed E-state index contributed by atoms with van der Waals surface area (Å²) in [4.78, 5) is 17.4. The van der Waals surface area contributed by atoms with Crippen LogP contribution in [0.1, 0.15) is 49.1 Å². The normalized spacial score (nSPS) is 12.4. The molecule has 0 spiro atoms. The Labute approximate surface area is 114 Å².